The third kappa shape index (κ3) is 12.9. The van der Waals surface area contributed by atoms with Crippen LogP contribution in [0, 0.1) is 0 Å². The second-order valence-corrected chi connectivity index (χ2v) is 7.07. The zero-order chi connectivity index (χ0) is 17.2. The standard InChI is InChI=1S/C13H26NO7P/c1-12(2)13(15)19-10-8-18-9-11-21-22(16,17)20-7-6-14(3,4)5/h1,6-11H2,2-5H3. The van der Waals surface area contributed by atoms with E-state index in [4.69, 9.17) is 14.0 Å². The lowest BCUT2D eigenvalue weighted by molar-refractivity contribution is -0.870. The van der Waals surface area contributed by atoms with Gasteiger partial charge in [-0.05, 0) is 6.92 Å². The van der Waals surface area contributed by atoms with Crippen molar-refractivity contribution in [3.05, 3.63) is 12.2 Å². The van der Waals surface area contributed by atoms with Gasteiger partial charge in [0.15, 0.2) is 0 Å². The molecule has 0 aromatic heterocycles. The number of carbonyl (C=O) groups excluding carboxylic acids is 1. The van der Waals surface area contributed by atoms with Crippen LogP contribution in [-0.4, -0.2) is 71.2 Å². The summed E-state index contributed by atoms with van der Waals surface area (Å²) in [6.45, 7) is 5.69. The molecule has 0 aromatic rings. The Bertz CT molecular complexity index is 406. The van der Waals surface area contributed by atoms with E-state index in [1.807, 2.05) is 21.1 Å². The van der Waals surface area contributed by atoms with E-state index in [0.717, 1.165) is 0 Å². The first kappa shape index (κ1) is 21.2. The monoisotopic (exact) mass is 339 g/mol. The van der Waals surface area contributed by atoms with Crippen molar-refractivity contribution in [3.8, 4) is 0 Å². The Kier molecular flexibility index (Phi) is 9.75. The summed E-state index contributed by atoms with van der Waals surface area (Å²) in [7, 11) is 1.48. The number of hydrogen-bond donors (Lipinski definition) is 0. The number of quaternary nitrogens is 1. The number of phosphoric acid groups is 1. The van der Waals surface area contributed by atoms with E-state index in [1.165, 1.54) is 0 Å². The molecule has 0 N–H and O–H groups in total. The first-order valence-electron chi connectivity index (χ1n) is 6.84. The minimum atomic E-state index is -4.30. The Morgan fingerprint density at radius 3 is 2.18 bits per heavy atom. The molecule has 0 radical (unpaired) electrons. The molecule has 0 saturated heterocycles. The van der Waals surface area contributed by atoms with E-state index in [0.29, 0.717) is 16.6 Å². The topological polar surface area (TPSA) is 94.1 Å². The number of nitrogens with zero attached hydrogens (tertiary/aromatic N) is 1. The average molecular weight is 339 g/mol. The Balaban J connectivity index is 3.63. The van der Waals surface area contributed by atoms with Crippen molar-refractivity contribution in [3.63, 3.8) is 0 Å². The summed E-state index contributed by atoms with van der Waals surface area (Å²) in [4.78, 5) is 22.4. The van der Waals surface area contributed by atoms with Crippen LogP contribution < -0.4 is 4.89 Å². The third-order valence-corrected chi connectivity index (χ3v) is 3.30. The van der Waals surface area contributed by atoms with Crippen LogP contribution in [0.3, 0.4) is 0 Å². The van der Waals surface area contributed by atoms with Crippen molar-refractivity contribution < 1.29 is 37.3 Å². The summed E-state index contributed by atoms with van der Waals surface area (Å²) in [6.07, 6.45) is 0. The van der Waals surface area contributed by atoms with Crippen molar-refractivity contribution in [1.29, 1.82) is 0 Å². The summed E-state index contributed by atoms with van der Waals surface area (Å²) in [6, 6.07) is 0. The molecule has 0 bridgehead atoms. The molecule has 0 aliphatic carbocycles. The fraction of sp³-hybridized carbons (Fsp3) is 0.769. The minimum Gasteiger partial charge on any atom is -0.756 e. The lowest BCUT2D eigenvalue weighted by Gasteiger charge is -2.27. The molecular weight excluding hydrogens is 313 g/mol. The Morgan fingerprint density at radius 2 is 1.64 bits per heavy atom. The van der Waals surface area contributed by atoms with Crippen LogP contribution in [0.4, 0.5) is 0 Å². The molecule has 0 rings (SSSR count). The predicted molar refractivity (Wildman–Crippen MR) is 79.0 cm³/mol. The molecule has 9 heteroatoms. The van der Waals surface area contributed by atoms with Gasteiger partial charge in [0, 0.05) is 5.57 Å². The maximum atomic E-state index is 11.4. The number of carbonyl (C=O) groups is 1. The van der Waals surface area contributed by atoms with Crippen LogP contribution in [0.1, 0.15) is 6.92 Å². The van der Waals surface area contributed by atoms with Crippen LogP contribution >= 0.6 is 7.82 Å². The minimum absolute atomic E-state index is 0.0511. The molecule has 0 amide bonds. The normalized spacial score (nSPS) is 14.4. The van der Waals surface area contributed by atoms with Crippen LogP contribution in [0.15, 0.2) is 12.2 Å². The van der Waals surface area contributed by atoms with Crippen LogP contribution in [0.5, 0.6) is 0 Å². The second-order valence-electron chi connectivity index (χ2n) is 5.66. The molecule has 0 heterocycles. The number of likely N-dealkylation sites (N-methyl/N-ethyl adjacent to an activating group) is 1. The van der Waals surface area contributed by atoms with E-state index >= 15 is 0 Å². The Morgan fingerprint density at radius 1 is 1.09 bits per heavy atom. The zero-order valence-corrected chi connectivity index (χ0v) is 14.6. The summed E-state index contributed by atoms with van der Waals surface area (Å²) in [5.41, 5.74) is 0.307. The lowest BCUT2D eigenvalue weighted by atomic mass is 10.4. The van der Waals surface area contributed by atoms with Crippen LogP contribution in [0.25, 0.3) is 0 Å². The number of phosphoric ester groups is 1. The Hall–Kier alpha value is -0.760. The number of rotatable bonds is 12. The highest BCUT2D eigenvalue weighted by Gasteiger charge is 2.13. The molecule has 0 aliphatic rings. The van der Waals surface area contributed by atoms with Gasteiger partial charge in [0.1, 0.15) is 19.8 Å². The highest BCUT2D eigenvalue weighted by atomic mass is 31.2. The van der Waals surface area contributed by atoms with E-state index in [-0.39, 0.29) is 33.0 Å². The molecule has 0 saturated carbocycles. The van der Waals surface area contributed by atoms with E-state index < -0.39 is 13.8 Å². The highest BCUT2D eigenvalue weighted by molar-refractivity contribution is 7.45. The van der Waals surface area contributed by atoms with E-state index in [1.54, 1.807) is 6.92 Å². The highest BCUT2D eigenvalue weighted by Crippen LogP contribution is 2.37. The predicted octanol–water partition coefficient (Wildman–Crippen LogP) is 0.330. The second kappa shape index (κ2) is 10.1. The summed E-state index contributed by atoms with van der Waals surface area (Å²) in [5.74, 6) is -0.491. The van der Waals surface area contributed by atoms with Gasteiger partial charge in [0.05, 0.1) is 41.0 Å². The third-order valence-electron chi connectivity index (χ3n) is 2.30. The van der Waals surface area contributed by atoms with Crippen LogP contribution in [0.2, 0.25) is 0 Å². The maximum Gasteiger partial charge on any atom is 0.333 e. The van der Waals surface area contributed by atoms with Gasteiger partial charge < -0.3 is 27.9 Å². The van der Waals surface area contributed by atoms with E-state index in [9.17, 15) is 14.3 Å². The van der Waals surface area contributed by atoms with Gasteiger partial charge in [-0.25, -0.2) is 4.79 Å². The first-order valence-corrected chi connectivity index (χ1v) is 8.30. The van der Waals surface area contributed by atoms with Gasteiger partial charge >= 0.3 is 5.97 Å². The van der Waals surface area contributed by atoms with Gasteiger partial charge in [-0.2, -0.15) is 0 Å². The van der Waals surface area contributed by atoms with Crippen molar-refractivity contribution in [1.82, 2.24) is 0 Å². The Labute approximate surface area is 131 Å². The molecular formula is C13H26NO7P. The molecule has 0 aromatic carbocycles. The molecule has 8 nitrogen and oxygen atoms in total. The van der Waals surface area contributed by atoms with Crippen molar-refractivity contribution in [2.75, 3.05) is 60.7 Å². The maximum absolute atomic E-state index is 11.4. The molecule has 0 aliphatic heterocycles. The number of ether oxygens (including phenoxy) is 2. The number of hydrogen-bond acceptors (Lipinski definition) is 7. The van der Waals surface area contributed by atoms with Gasteiger partial charge in [-0.15, -0.1) is 0 Å². The number of esters is 1. The van der Waals surface area contributed by atoms with Gasteiger partial charge in [0.25, 0.3) is 7.82 Å². The molecule has 0 fully saturated rings. The first-order chi connectivity index (χ1) is 10.0. The SMILES string of the molecule is C=C(C)C(=O)OCCOCCOP(=O)([O-])OCC[N+](C)(C)C. The quantitative estimate of drug-likeness (QED) is 0.166. The van der Waals surface area contributed by atoms with Crippen molar-refractivity contribution >= 4 is 13.8 Å². The fourth-order valence-electron chi connectivity index (χ4n) is 1.09. The van der Waals surface area contributed by atoms with Crippen molar-refractivity contribution in [2.24, 2.45) is 0 Å². The fourth-order valence-corrected chi connectivity index (χ4v) is 1.77. The smallest absolute Gasteiger partial charge is 0.333 e. The lowest BCUT2D eigenvalue weighted by Crippen LogP contribution is -2.37. The molecule has 1 unspecified atom stereocenters. The van der Waals surface area contributed by atoms with Gasteiger partial charge in [-0.3, -0.25) is 4.57 Å². The van der Waals surface area contributed by atoms with Gasteiger partial charge in [0.2, 0.25) is 0 Å². The van der Waals surface area contributed by atoms with Crippen molar-refractivity contribution in [2.45, 2.75) is 6.92 Å². The van der Waals surface area contributed by atoms with E-state index in [2.05, 4.69) is 11.1 Å². The van der Waals surface area contributed by atoms with Gasteiger partial charge in [-0.1, -0.05) is 6.58 Å². The largest absolute Gasteiger partial charge is 0.756 e. The van der Waals surface area contributed by atoms with Crippen LogP contribution in [-0.2, 0) is 27.9 Å². The average Bonchev–Trinajstić information content (AvgIpc) is 2.35. The molecule has 0 spiro atoms. The summed E-state index contributed by atoms with van der Waals surface area (Å²) in [5, 5.41) is 0. The summed E-state index contributed by atoms with van der Waals surface area (Å²) < 4.78 is 31.2. The molecule has 130 valence electrons. The summed E-state index contributed by atoms with van der Waals surface area (Å²) >= 11 is 0. The molecule has 1 atom stereocenters. The zero-order valence-electron chi connectivity index (χ0n) is 13.7. The molecule has 22 heavy (non-hydrogen) atoms.